The van der Waals surface area contributed by atoms with Gasteiger partial charge in [0.15, 0.2) is 0 Å². The molecule has 3 rings (SSSR count). The Bertz CT molecular complexity index is 1210. The number of benzene rings is 3. The number of aliphatic hydroxyl groups excluding tert-OH is 1. The van der Waals surface area contributed by atoms with Crippen molar-refractivity contribution in [1.29, 1.82) is 10.8 Å². The molecule has 0 aliphatic carbocycles. The van der Waals surface area contributed by atoms with Crippen molar-refractivity contribution in [3.63, 3.8) is 0 Å². The summed E-state index contributed by atoms with van der Waals surface area (Å²) in [6.07, 6.45) is -1.00. The molecule has 1 atom stereocenters. The molecule has 0 radical (unpaired) electrons. The van der Waals surface area contributed by atoms with Crippen LogP contribution in [0, 0.1) is 17.7 Å². The maximum atomic E-state index is 12.5. The van der Waals surface area contributed by atoms with Gasteiger partial charge in [0.2, 0.25) is 5.91 Å². The smallest absolute Gasteiger partial charge is 0.228 e. The van der Waals surface area contributed by atoms with Crippen molar-refractivity contribution in [2.45, 2.75) is 19.4 Å². The lowest BCUT2D eigenvalue weighted by Crippen LogP contribution is -2.16. The lowest BCUT2D eigenvalue weighted by Gasteiger charge is -2.16. The van der Waals surface area contributed by atoms with Crippen LogP contribution in [0.2, 0.25) is 0 Å². The fourth-order valence-electron chi connectivity index (χ4n) is 3.39. The molecule has 0 aliphatic heterocycles. The predicted octanol–water partition coefficient (Wildman–Crippen LogP) is 2.53. The van der Waals surface area contributed by atoms with Gasteiger partial charge in [0.05, 0.1) is 6.42 Å². The first-order chi connectivity index (χ1) is 15.2. The number of hydrogen-bond donors (Lipinski definition) is 7. The third-order valence-corrected chi connectivity index (χ3v) is 5.10. The first kappa shape index (κ1) is 22.5. The minimum absolute atomic E-state index is 0.0485. The Kier molecular flexibility index (Phi) is 6.56. The average Bonchev–Trinajstić information content (AvgIpc) is 2.74. The van der Waals surface area contributed by atoms with Gasteiger partial charge in [-0.3, -0.25) is 15.6 Å². The van der Waals surface area contributed by atoms with E-state index in [4.69, 9.17) is 22.3 Å². The van der Waals surface area contributed by atoms with E-state index in [1.807, 2.05) is 6.92 Å². The molecule has 0 heterocycles. The molecule has 0 aliphatic rings. The van der Waals surface area contributed by atoms with Crippen molar-refractivity contribution in [2.24, 2.45) is 11.5 Å². The van der Waals surface area contributed by atoms with Crippen LogP contribution in [0.5, 0.6) is 5.75 Å². The summed E-state index contributed by atoms with van der Waals surface area (Å²) >= 11 is 0. The van der Waals surface area contributed by atoms with E-state index in [1.165, 1.54) is 18.2 Å². The van der Waals surface area contributed by atoms with E-state index in [1.54, 1.807) is 42.5 Å². The first-order valence-electron chi connectivity index (χ1n) is 9.85. The van der Waals surface area contributed by atoms with Gasteiger partial charge in [-0.2, -0.15) is 0 Å². The summed E-state index contributed by atoms with van der Waals surface area (Å²) in [5, 5.41) is 38.6. The molecular formula is C24H25N5O3. The highest BCUT2D eigenvalue weighted by molar-refractivity contribution is 5.97. The molecule has 0 saturated carbocycles. The third-order valence-electron chi connectivity index (χ3n) is 5.10. The number of aromatic hydroxyl groups is 1. The molecule has 32 heavy (non-hydrogen) atoms. The van der Waals surface area contributed by atoms with E-state index >= 15 is 0 Å². The normalized spacial score (nSPS) is 11.6. The largest absolute Gasteiger partial charge is 0.508 e. The number of rotatable bonds is 7. The molecule has 0 bridgehead atoms. The van der Waals surface area contributed by atoms with Crippen LogP contribution in [0.15, 0.2) is 60.7 Å². The number of aryl methyl sites for hydroxylation is 1. The number of hydrogen-bond acceptors (Lipinski definition) is 5. The van der Waals surface area contributed by atoms with Gasteiger partial charge in [0.1, 0.15) is 23.5 Å². The van der Waals surface area contributed by atoms with Gasteiger partial charge in [0.25, 0.3) is 0 Å². The zero-order valence-corrected chi connectivity index (χ0v) is 17.5. The van der Waals surface area contributed by atoms with E-state index in [-0.39, 0.29) is 29.7 Å². The lowest BCUT2D eigenvalue weighted by molar-refractivity contribution is -0.115. The molecule has 0 saturated heterocycles. The molecule has 3 aromatic carbocycles. The van der Waals surface area contributed by atoms with Crippen LogP contribution in [-0.4, -0.2) is 27.8 Å². The van der Waals surface area contributed by atoms with E-state index in [0.717, 1.165) is 5.56 Å². The zero-order chi connectivity index (χ0) is 23.4. The highest BCUT2D eigenvalue weighted by Gasteiger charge is 2.15. The van der Waals surface area contributed by atoms with Crippen molar-refractivity contribution in [3.8, 4) is 5.75 Å². The third kappa shape index (κ3) is 5.11. The van der Waals surface area contributed by atoms with Crippen LogP contribution in [0.3, 0.4) is 0 Å². The minimum atomic E-state index is -0.912. The van der Waals surface area contributed by atoms with E-state index in [2.05, 4.69) is 5.32 Å². The molecule has 0 spiro atoms. The van der Waals surface area contributed by atoms with Crippen molar-refractivity contribution < 1.29 is 15.0 Å². The van der Waals surface area contributed by atoms with Gasteiger partial charge >= 0.3 is 0 Å². The number of aliphatic hydroxyl groups is 1. The number of nitrogens with two attached hydrogens (primary N) is 2. The quantitative estimate of drug-likeness (QED) is 0.225. The topological polar surface area (TPSA) is 169 Å². The molecule has 8 heteroatoms. The molecule has 0 aromatic heterocycles. The summed E-state index contributed by atoms with van der Waals surface area (Å²) in [5.41, 5.74) is 14.9. The van der Waals surface area contributed by atoms with Crippen molar-refractivity contribution in [1.82, 2.24) is 0 Å². The van der Waals surface area contributed by atoms with Gasteiger partial charge in [-0.05, 0) is 60.0 Å². The molecular weight excluding hydrogens is 406 g/mol. The molecule has 1 unspecified atom stereocenters. The van der Waals surface area contributed by atoms with Crippen LogP contribution < -0.4 is 16.8 Å². The summed E-state index contributed by atoms with van der Waals surface area (Å²) in [6, 6.07) is 16.4. The Labute approximate surface area is 185 Å². The summed E-state index contributed by atoms with van der Waals surface area (Å²) in [5.74, 6) is -0.616. The summed E-state index contributed by atoms with van der Waals surface area (Å²) < 4.78 is 0. The molecule has 8 nitrogen and oxygen atoms in total. The maximum Gasteiger partial charge on any atom is 0.228 e. The Balaban J connectivity index is 1.75. The number of nitrogens with one attached hydrogen (secondary N) is 3. The Morgan fingerprint density at radius 1 is 1.00 bits per heavy atom. The highest BCUT2D eigenvalue weighted by atomic mass is 16.3. The molecule has 9 N–H and O–H groups in total. The summed E-state index contributed by atoms with van der Waals surface area (Å²) in [4.78, 5) is 12.5. The fraction of sp³-hybridized carbons (Fsp3) is 0.125. The van der Waals surface area contributed by atoms with Crippen LogP contribution in [0.4, 0.5) is 5.69 Å². The van der Waals surface area contributed by atoms with Crippen molar-refractivity contribution >= 4 is 23.3 Å². The number of carbonyl (C=O) groups is 1. The Morgan fingerprint density at radius 2 is 1.69 bits per heavy atom. The molecule has 0 fully saturated rings. The number of amidine groups is 2. The first-order valence-corrected chi connectivity index (χ1v) is 9.85. The highest BCUT2D eigenvalue weighted by Crippen LogP contribution is 2.28. The van der Waals surface area contributed by atoms with Gasteiger partial charge in [-0.15, -0.1) is 0 Å². The zero-order valence-electron chi connectivity index (χ0n) is 17.5. The van der Waals surface area contributed by atoms with Gasteiger partial charge in [-0.25, -0.2) is 0 Å². The fourth-order valence-corrected chi connectivity index (χ4v) is 3.39. The van der Waals surface area contributed by atoms with E-state index in [9.17, 15) is 15.0 Å². The molecule has 1 amide bonds. The second-order valence-electron chi connectivity index (χ2n) is 7.50. The lowest BCUT2D eigenvalue weighted by atomic mass is 9.95. The van der Waals surface area contributed by atoms with Crippen LogP contribution in [-0.2, 0) is 11.2 Å². The van der Waals surface area contributed by atoms with E-state index < -0.39 is 6.10 Å². The molecule has 3 aromatic rings. The maximum absolute atomic E-state index is 12.5. The number of phenols is 1. The predicted molar refractivity (Wildman–Crippen MR) is 124 cm³/mol. The van der Waals surface area contributed by atoms with Crippen LogP contribution in [0.1, 0.15) is 39.5 Å². The second-order valence-corrected chi connectivity index (χ2v) is 7.50. The van der Waals surface area contributed by atoms with Crippen LogP contribution in [0.25, 0.3) is 0 Å². The second kappa shape index (κ2) is 9.32. The molecule has 164 valence electrons. The number of phenolic OH excluding ortho intramolecular Hbond substituents is 1. The average molecular weight is 431 g/mol. The number of amides is 1. The summed E-state index contributed by atoms with van der Waals surface area (Å²) in [6.45, 7) is 1.82. The van der Waals surface area contributed by atoms with Gasteiger partial charge in [-0.1, -0.05) is 24.3 Å². The number of carbonyl (C=O) groups excluding carboxylic acids is 1. The van der Waals surface area contributed by atoms with Gasteiger partial charge in [0, 0.05) is 22.4 Å². The number of nitrogen functional groups attached to an aromatic ring is 2. The van der Waals surface area contributed by atoms with Crippen molar-refractivity contribution in [2.75, 3.05) is 5.32 Å². The standard InChI is InChI=1S/C24H25N5O3/c1-13-9-18(29-21(31)12-17-11-16(24(27)28)5-8-20(17)30)6-7-19(13)22(32)14-3-2-4-15(10-14)23(25)26/h2-11,22,30,32H,12H2,1H3,(H3,25,26)(H3,27,28)(H,29,31). The van der Waals surface area contributed by atoms with E-state index in [0.29, 0.717) is 33.5 Å². The Morgan fingerprint density at radius 3 is 2.34 bits per heavy atom. The monoisotopic (exact) mass is 431 g/mol. The number of anilines is 1. The van der Waals surface area contributed by atoms with Gasteiger partial charge < -0.3 is 27.0 Å². The minimum Gasteiger partial charge on any atom is -0.508 e. The SMILES string of the molecule is Cc1cc(NC(=O)Cc2cc(C(=N)N)ccc2O)ccc1C(O)c1cccc(C(=N)N)c1. The van der Waals surface area contributed by atoms with Crippen molar-refractivity contribution in [3.05, 3.63) is 94.0 Å². The van der Waals surface area contributed by atoms with Crippen LogP contribution >= 0.6 is 0 Å². The summed E-state index contributed by atoms with van der Waals surface area (Å²) in [7, 11) is 0. The Hall–Kier alpha value is -4.17.